The lowest BCUT2D eigenvalue weighted by molar-refractivity contribution is -0.138. The summed E-state index contributed by atoms with van der Waals surface area (Å²) in [6.45, 7) is 0.474. The van der Waals surface area contributed by atoms with Crippen LogP contribution < -0.4 is 16.0 Å². The first-order valence-corrected chi connectivity index (χ1v) is 19.7. The van der Waals surface area contributed by atoms with Gasteiger partial charge >= 0.3 is 6.18 Å². The second-order valence-electron chi connectivity index (χ2n) is 14.6. The number of nitrogens with one attached hydrogen (secondary N) is 4. The molecule has 1 fully saturated rings. The Hall–Kier alpha value is -7.01. The SMILES string of the molecule is O=C(CCc1ccc(CCc2c(-c3ccc(C(F)(F)F)cc3)nn(-c3nc4cc(Cl)ccc4[nH]3)c2O)cc1)NCCNc1cccc2c1C(=O)N(C1CCC(=O)NC1=O)C2=O. The van der Waals surface area contributed by atoms with Crippen LogP contribution in [0.25, 0.3) is 28.2 Å². The molecule has 4 heterocycles. The number of aryl methyl sites for hydroxylation is 2. The fourth-order valence-corrected chi connectivity index (χ4v) is 7.65. The van der Waals surface area contributed by atoms with E-state index in [4.69, 9.17) is 11.6 Å². The first-order valence-electron chi connectivity index (χ1n) is 19.3. The second-order valence-corrected chi connectivity index (χ2v) is 15.1. The van der Waals surface area contributed by atoms with Crippen molar-refractivity contribution in [3.8, 4) is 23.1 Å². The summed E-state index contributed by atoms with van der Waals surface area (Å²) in [7, 11) is 0. The highest BCUT2D eigenvalue weighted by atomic mass is 35.5. The van der Waals surface area contributed by atoms with E-state index in [2.05, 4.69) is 31.0 Å². The zero-order valence-electron chi connectivity index (χ0n) is 32.1. The number of piperidine rings is 1. The van der Waals surface area contributed by atoms with E-state index in [-0.39, 0.29) is 61.2 Å². The Labute approximate surface area is 350 Å². The predicted molar refractivity (Wildman–Crippen MR) is 217 cm³/mol. The highest BCUT2D eigenvalue weighted by Gasteiger charge is 2.45. The molecule has 4 aromatic carbocycles. The molecule has 1 atom stereocenters. The zero-order chi connectivity index (χ0) is 43.0. The molecule has 5 amide bonds. The first kappa shape index (κ1) is 40.8. The summed E-state index contributed by atoms with van der Waals surface area (Å²) in [5.41, 5.74) is 3.97. The number of alkyl halides is 3. The average Bonchev–Trinajstić information content (AvgIpc) is 3.88. The average molecular weight is 853 g/mol. The Bertz CT molecular complexity index is 2710. The van der Waals surface area contributed by atoms with Crippen molar-refractivity contribution >= 4 is 57.9 Å². The third-order valence-corrected chi connectivity index (χ3v) is 10.9. The molecule has 1 saturated heterocycles. The van der Waals surface area contributed by atoms with Gasteiger partial charge in [-0.3, -0.25) is 34.2 Å². The van der Waals surface area contributed by atoms with Crippen LogP contribution in [0.4, 0.5) is 18.9 Å². The minimum atomic E-state index is -4.52. The molecule has 1 unspecified atom stereocenters. The molecule has 2 aliphatic rings. The lowest BCUT2D eigenvalue weighted by Crippen LogP contribution is -2.54. The summed E-state index contributed by atoms with van der Waals surface area (Å²) in [6.07, 6.45) is -3.05. The molecular weight excluding hydrogens is 817 g/mol. The monoisotopic (exact) mass is 852 g/mol. The normalized spacial score (nSPS) is 15.3. The van der Waals surface area contributed by atoms with Crippen molar-refractivity contribution in [1.29, 1.82) is 0 Å². The van der Waals surface area contributed by atoms with Gasteiger partial charge in [0, 0.05) is 47.8 Å². The Morgan fingerprint density at radius 3 is 2.36 bits per heavy atom. The van der Waals surface area contributed by atoms with Crippen molar-refractivity contribution in [1.82, 2.24) is 35.3 Å². The molecule has 2 aromatic heterocycles. The van der Waals surface area contributed by atoms with E-state index in [1.165, 1.54) is 22.9 Å². The van der Waals surface area contributed by atoms with E-state index in [0.717, 1.165) is 28.2 Å². The van der Waals surface area contributed by atoms with Gasteiger partial charge < -0.3 is 20.7 Å². The lowest BCUT2D eigenvalue weighted by Gasteiger charge is -2.27. The van der Waals surface area contributed by atoms with Gasteiger partial charge in [0.15, 0.2) is 0 Å². The van der Waals surface area contributed by atoms with E-state index < -0.39 is 41.4 Å². The number of fused-ring (bicyclic) bond motifs is 2. The number of hydrogen-bond donors (Lipinski definition) is 5. The van der Waals surface area contributed by atoms with Crippen molar-refractivity contribution in [2.24, 2.45) is 0 Å². The molecule has 8 rings (SSSR count). The van der Waals surface area contributed by atoms with E-state index in [9.17, 15) is 42.3 Å². The number of aromatic hydroxyl groups is 1. The quantitative estimate of drug-likeness (QED) is 0.0671. The first-order chi connectivity index (χ1) is 29.2. The number of imidazole rings is 1. The van der Waals surface area contributed by atoms with Crippen molar-refractivity contribution in [3.63, 3.8) is 0 Å². The highest BCUT2D eigenvalue weighted by molar-refractivity contribution is 6.31. The number of nitrogens with zero attached hydrogens (tertiary/aromatic N) is 4. The maximum absolute atomic E-state index is 13.3. The number of halogens is 4. The molecular formula is C43H36ClF3N8O6. The van der Waals surface area contributed by atoms with Gasteiger partial charge in [0.25, 0.3) is 11.8 Å². The molecule has 0 radical (unpaired) electrons. The molecule has 0 bridgehead atoms. The van der Waals surface area contributed by atoms with Crippen molar-refractivity contribution in [3.05, 3.63) is 123 Å². The molecule has 0 aliphatic carbocycles. The maximum Gasteiger partial charge on any atom is 0.416 e. The lowest BCUT2D eigenvalue weighted by atomic mass is 9.99. The number of amides is 5. The Morgan fingerprint density at radius 1 is 0.902 bits per heavy atom. The van der Waals surface area contributed by atoms with Gasteiger partial charge in [0.2, 0.25) is 29.5 Å². The number of anilines is 1. The molecule has 6 aromatic rings. The number of aromatic nitrogens is 4. The van der Waals surface area contributed by atoms with E-state index >= 15 is 0 Å². The van der Waals surface area contributed by atoms with E-state index in [0.29, 0.717) is 57.8 Å². The highest BCUT2D eigenvalue weighted by Crippen LogP contribution is 2.36. The van der Waals surface area contributed by atoms with Gasteiger partial charge in [-0.15, -0.1) is 0 Å². The molecule has 0 saturated carbocycles. The van der Waals surface area contributed by atoms with Crippen molar-refractivity contribution in [2.75, 3.05) is 18.4 Å². The summed E-state index contributed by atoms with van der Waals surface area (Å²) in [5, 5.41) is 24.6. The molecule has 0 spiro atoms. The number of aromatic amines is 1. The third kappa shape index (κ3) is 8.41. The standard InChI is InChI=1S/C43H36ClF3N8O6/c44-27-14-16-30-32(22-27)51-42(50-30)55-40(60)29(37(53-55)25-10-12-26(13-11-25)43(45,46)47)15-8-23-4-6-24(7-5-23)9-18-34(56)49-21-20-48-31-3-1-2-28-36(31)41(61)54(39(28)59)33-17-19-35(57)52-38(33)58/h1-7,10-14,16,22,33,48,60H,8-9,15,17-21H2,(H,49,56)(H,50,51)(H,52,57,58). The number of carbonyl (C=O) groups is 5. The maximum atomic E-state index is 13.3. The molecule has 61 heavy (non-hydrogen) atoms. The number of benzene rings is 4. The summed E-state index contributed by atoms with van der Waals surface area (Å²) in [6, 6.07) is 20.9. The third-order valence-electron chi connectivity index (χ3n) is 10.6. The summed E-state index contributed by atoms with van der Waals surface area (Å²) in [4.78, 5) is 71.6. The molecule has 18 heteroatoms. The number of imide groups is 2. The summed E-state index contributed by atoms with van der Waals surface area (Å²) >= 11 is 6.13. The van der Waals surface area contributed by atoms with Crippen molar-refractivity contribution in [2.45, 2.75) is 50.7 Å². The van der Waals surface area contributed by atoms with Crippen LogP contribution in [-0.2, 0) is 39.8 Å². The zero-order valence-corrected chi connectivity index (χ0v) is 32.9. The Kier molecular flexibility index (Phi) is 11.1. The van der Waals surface area contributed by atoms with Crippen LogP contribution in [0.3, 0.4) is 0 Å². The fourth-order valence-electron chi connectivity index (χ4n) is 7.48. The number of rotatable bonds is 13. The Balaban J connectivity index is 0.862. The van der Waals surface area contributed by atoms with Gasteiger partial charge in [-0.2, -0.15) is 23.0 Å². The van der Waals surface area contributed by atoms with Crippen LogP contribution in [-0.4, -0.2) is 78.4 Å². The van der Waals surface area contributed by atoms with Gasteiger partial charge in [0.05, 0.1) is 27.7 Å². The van der Waals surface area contributed by atoms with Gasteiger partial charge in [0.1, 0.15) is 11.7 Å². The Morgan fingerprint density at radius 2 is 1.64 bits per heavy atom. The van der Waals surface area contributed by atoms with Crippen LogP contribution in [0.15, 0.2) is 84.9 Å². The fraction of sp³-hybridized carbons (Fsp3) is 0.233. The minimum Gasteiger partial charge on any atom is -0.493 e. The largest absolute Gasteiger partial charge is 0.493 e. The van der Waals surface area contributed by atoms with Crippen LogP contribution in [0, 0.1) is 0 Å². The van der Waals surface area contributed by atoms with Crippen molar-refractivity contribution < 1.29 is 42.3 Å². The minimum absolute atomic E-state index is 0.0175. The van der Waals surface area contributed by atoms with Gasteiger partial charge in [-0.05, 0) is 79.3 Å². The number of H-pyrrole nitrogens is 1. The molecule has 2 aliphatic heterocycles. The van der Waals surface area contributed by atoms with Gasteiger partial charge in [-0.1, -0.05) is 54.1 Å². The van der Waals surface area contributed by atoms with Gasteiger partial charge in [-0.25, -0.2) is 4.98 Å². The van der Waals surface area contributed by atoms with Crippen LogP contribution >= 0.6 is 11.6 Å². The molecule has 5 N–H and O–H groups in total. The molecule has 312 valence electrons. The summed E-state index contributed by atoms with van der Waals surface area (Å²) in [5.74, 6) is -2.60. The predicted octanol–water partition coefficient (Wildman–Crippen LogP) is 6.14. The topological polar surface area (TPSA) is 191 Å². The number of hydrogen-bond acceptors (Lipinski definition) is 9. The number of carbonyl (C=O) groups excluding carboxylic acids is 5. The smallest absolute Gasteiger partial charge is 0.416 e. The van der Waals surface area contributed by atoms with E-state index in [1.54, 1.807) is 30.3 Å². The second kappa shape index (κ2) is 16.6. The van der Waals surface area contributed by atoms with Crippen LogP contribution in [0.5, 0.6) is 5.88 Å². The van der Waals surface area contributed by atoms with E-state index in [1.807, 2.05) is 24.3 Å². The molecule has 14 nitrogen and oxygen atoms in total. The van der Waals surface area contributed by atoms with Crippen LogP contribution in [0.1, 0.15) is 62.2 Å². The van der Waals surface area contributed by atoms with Crippen LogP contribution in [0.2, 0.25) is 5.02 Å². The summed E-state index contributed by atoms with van der Waals surface area (Å²) < 4.78 is 41.3.